The van der Waals surface area contributed by atoms with Crippen LogP contribution < -0.4 is 15.0 Å². The molecule has 0 amide bonds. The van der Waals surface area contributed by atoms with Gasteiger partial charge >= 0.3 is 6.01 Å². The fraction of sp³-hybridized carbons (Fsp3) is 0.300. The number of imidazole rings is 1. The van der Waals surface area contributed by atoms with E-state index in [1.54, 1.807) is 24.3 Å². The lowest BCUT2D eigenvalue weighted by Gasteiger charge is -2.27. The summed E-state index contributed by atoms with van der Waals surface area (Å²) in [6.45, 7) is 2.13. The number of nitrogens with one attached hydrogen (secondary N) is 1. The quantitative estimate of drug-likeness (QED) is 0.465. The summed E-state index contributed by atoms with van der Waals surface area (Å²) < 4.78 is 39.4. The molecular weight excluding hydrogens is 436 g/mol. The smallest absolute Gasteiger partial charge is 0.316 e. The van der Waals surface area contributed by atoms with Crippen LogP contribution in [-0.4, -0.2) is 67.9 Å². The third-order valence-corrected chi connectivity index (χ3v) is 4.95. The number of aromatic nitrogens is 7. The van der Waals surface area contributed by atoms with Crippen LogP contribution in [0.25, 0.3) is 17.0 Å². The Morgan fingerprint density at radius 3 is 2.45 bits per heavy atom. The van der Waals surface area contributed by atoms with Gasteiger partial charge in [0, 0.05) is 13.1 Å². The first-order chi connectivity index (χ1) is 16.1. The lowest BCUT2D eigenvalue weighted by Crippen LogP contribution is -2.37. The number of methoxy groups -OCH3 is 1. The Hall–Kier alpha value is -4.00. The van der Waals surface area contributed by atoms with Crippen molar-refractivity contribution in [3.05, 3.63) is 42.5 Å². The molecule has 1 aromatic carbocycles. The summed E-state index contributed by atoms with van der Waals surface area (Å²) in [5, 5.41) is 3.01. The predicted molar refractivity (Wildman–Crippen MR) is 114 cm³/mol. The molecule has 5 rings (SSSR count). The highest BCUT2D eigenvalue weighted by Crippen LogP contribution is 2.28. The third kappa shape index (κ3) is 4.22. The normalized spacial score (nSPS) is 14.1. The topological polar surface area (TPSA) is 116 Å². The molecule has 0 unspecified atom stereocenters. The van der Waals surface area contributed by atoms with Gasteiger partial charge in [0.05, 0.1) is 49.4 Å². The number of fused-ring (bicyclic) bond motifs is 1. The van der Waals surface area contributed by atoms with Gasteiger partial charge in [-0.05, 0) is 12.1 Å². The summed E-state index contributed by atoms with van der Waals surface area (Å²) in [7, 11) is 1.46. The number of alkyl halides is 2. The van der Waals surface area contributed by atoms with E-state index in [0.29, 0.717) is 49.0 Å². The van der Waals surface area contributed by atoms with Crippen LogP contribution in [0.15, 0.2) is 36.7 Å². The molecule has 1 fully saturated rings. The molecular formula is C20H19F2N9O2. The van der Waals surface area contributed by atoms with E-state index in [0.717, 1.165) is 0 Å². The van der Waals surface area contributed by atoms with Crippen molar-refractivity contribution in [3.8, 4) is 12.0 Å². The molecule has 4 aromatic rings. The molecule has 1 aliphatic heterocycles. The second-order valence-corrected chi connectivity index (χ2v) is 7.04. The maximum absolute atomic E-state index is 13.9. The molecule has 0 atom stereocenters. The second kappa shape index (κ2) is 8.86. The summed E-state index contributed by atoms with van der Waals surface area (Å²) in [6, 6.07) is 7.04. The van der Waals surface area contributed by atoms with E-state index < -0.39 is 12.2 Å². The Kier molecular flexibility index (Phi) is 5.60. The van der Waals surface area contributed by atoms with Gasteiger partial charge in [-0.3, -0.25) is 4.57 Å². The van der Waals surface area contributed by atoms with Crippen LogP contribution in [0.3, 0.4) is 0 Å². The van der Waals surface area contributed by atoms with Crippen LogP contribution in [-0.2, 0) is 4.74 Å². The average Bonchev–Trinajstić information content (AvgIpc) is 3.25. The molecule has 1 N–H and O–H groups in total. The van der Waals surface area contributed by atoms with Crippen molar-refractivity contribution >= 4 is 28.6 Å². The number of morpholine rings is 1. The minimum absolute atomic E-state index is 0.0208. The van der Waals surface area contributed by atoms with Crippen LogP contribution in [0.5, 0.6) is 6.01 Å². The van der Waals surface area contributed by atoms with Gasteiger partial charge in [0.2, 0.25) is 17.8 Å². The van der Waals surface area contributed by atoms with Crippen molar-refractivity contribution in [1.82, 2.24) is 34.5 Å². The zero-order valence-electron chi connectivity index (χ0n) is 17.5. The fourth-order valence-corrected chi connectivity index (χ4v) is 3.43. The number of hydrogen-bond acceptors (Lipinski definition) is 10. The zero-order chi connectivity index (χ0) is 22.8. The van der Waals surface area contributed by atoms with Crippen molar-refractivity contribution in [1.29, 1.82) is 0 Å². The van der Waals surface area contributed by atoms with Crippen LogP contribution in [0, 0.1) is 0 Å². The Balaban J connectivity index is 1.63. The zero-order valence-corrected chi connectivity index (χ0v) is 17.5. The molecule has 33 heavy (non-hydrogen) atoms. The van der Waals surface area contributed by atoms with E-state index >= 15 is 0 Å². The lowest BCUT2D eigenvalue weighted by atomic mass is 10.3. The number of hydrogen-bond donors (Lipinski definition) is 1. The van der Waals surface area contributed by atoms with Crippen molar-refractivity contribution in [2.24, 2.45) is 0 Å². The van der Waals surface area contributed by atoms with E-state index in [1.165, 1.54) is 24.1 Å². The summed E-state index contributed by atoms with van der Waals surface area (Å²) in [5.74, 6) is 0.0490. The average molecular weight is 455 g/mol. The minimum atomic E-state index is -2.83. The second-order valence-electron chi connectivity index (χ2n) is 7.04. The van der Waals surface area contributed by atoms with E-state index in [9.17, 15) is 8.78 Å². The molecule has 0 bridgehead atoms. The molecule has 1 aliphatic rings. The number of halogens is 2. The number of rotatable bonds is 6. The Labute approximate surface area is 186 Å². The summed E-state index contributed by atoms with van der Waals surface area (Å²) in [6.07, 6.45) is 0.175. The molecule has 0 aliphatic carbocycles. The van der Waals surface area contributed by atoms with Crippen LogP contribution in [0.1, 0.15) is 12.2 Å². The van der Waals surface area contributed by atoms with E-state index in [-0.39, 0.29) is 17.9 Å². The van der Waals surface area contributed by atoms with Gasteiger partial charge < -0.3 is 19.7 Å². The van der Waals surface area contributed by atoms with Gasteiger partial charge in [-0.25, -0.2) is 23.7 Å². The number of para-hydroxylation sites is 2. The number of benzene rings is 1. The van der Waals surface area contributed by atoms with Gasteiger partial charge in [0.1, 0.15) is 0 Å². The summed E-state index contributed by atoms with van der Waals surface area (Å²) in [5.41, 5.74) is 1.37. The Bertz CT molecular complexity index is 1260. The fourth-order valence-electron chi connectivity index (χ4n) is 3.43. The first kappa shape index (κ1) is 20.9. The lowest BCUT2D eigenvalue weighted by molar-refractivity contribution is 0.122. The first-order valence-electron chi connectivity index (χ1n) is 10.1. The molecule has 0 radical (unpaired) electrons. The van der Waals surface area contributed by atoms with Crippen LogP contribution in [0.4, 0.5) is 26.4 Å². The van der Waals surface area contributed by atoms with Crippen molar-refractivity contribution < 1.29 is 18.3 Å². The van der Waals surface area contributed by atoms with Gasteiger partial charge in [-0.1, -0.05) is 12.1 Å². The third-order valence-electron chi connectivity index (χ3n) is 4.95. The first-order valence-corrected chi connectivity index (χ1v) is 10.1. The molecule has 13 heteroatoms. The Morgan fingerprint density at radius 1 is 1.00 bits per heavy atom. The summed E-state index contributed by atoms with van der Waals surface area (Å²) in [4.78, 5) is 27.5. The molecule has 11 nitrogen and oxygen atoms in total. The maximum atomic E-state index is 13.9. The van der Waals surface area contributed by atoms with Crippen molar-refractivity contribution in [3.63, 3.8) is 0 Å². The molecule has 170 valence electrons. The minimum Gasteiger partial charge on any atom is -0.467 e. The van der Waals surface area contributed by atoms with Gasteiger partial charge in [-0.2, -0.15) is 15.0 Å². The molecule has 0 saturated carbocycles. The Morgan fingerprint density at radius 2 is 1.73 bits per heavy atom. The highest BCUT2D eigenvalue weighted by Gasteiger charge is 2.24. The molecule has 4 heterocycles. The standard InChI is InChI=1S/C20H19F2N9O2/c1-32-20-23-10-12(11-24-20)25-17-27-18(30-6-8-33-9-7-30)29-19(28-17)31-14-5-3-2-4-13(14)26-16(31)15(21)22/h2-5,10-11,15H,6-9H2,1H3,(H,25,27,28,29). The van der Waals surface area contributed by atoms with Crippen molar-refractivity contribution in [2.75, 3.05) is 43.6 Å². The van der Waals surface area contributed by atoms with E-state index in [4.69, 9.17) is 9.47 Å². The molecule has 0 spiro atoms. The highest BCUT2D eigenvalue weighted by molar-refractivity contribution is 5.77. The van der Waals surface area contributed by atoms with Crippen LogP contribution >= 0.6 is 0 Å². The maximum Gasteiger partial charge on any atom is 0.316 e. The largest absolute Gasteiger partial charge is 0.467 e. The predicted octanol–water partition coefficient (Wildman–Crippen LogP) is 2.53. The monoisotopic (exact) mass is 455 g/mol. The molecule has 1 saturated heterocycles. The van der Waals surface area contributed by atoms with Crippen molar-refractivity contribution in [2.45, 2.75) is 6.43 Å². The van der Waals surface area contributed by atoms with Crippen LogP contribution in [0.2, 0.25) is 0 Å². The number of anilines is 3. The van der Waals surface area contributed by atoms with Gasteiger partial charge in [0.25, 0.3) is 6.43 Å². The van der Waals surface area contributed by atoms with E-state index in [1.807, 2.05) is 4.90 Å². The van der Waals surface area contributed by atoms with Gasteiger partial charge in [0.15, 0.2) is 5.82 Å². The number of ether oxygens (including phenoxy) is 2. The van der Waals surface area contributed by atoms with E-state index in [2.05, 4.69) is 35.2 Å². The highest BCUT2D eigenvalue weighted by atomic mass is 19.3. The number of nitrogens with zero attached hydrogens (tertiary/aromatic N) is 8. The summed E-state index contributed by atoms with van der Waals surface area (Å²) >= 11 is 0. The SMILES string of the molecule is COc1ncc(Nc2nc(N3CCOCC3)nc(-n3c(C(F)F)nc4ccccc43)n2)cn1. The van der Waals surface area contributed by atoms with Gasteiger partial charge in [-0.15, -0.1) is 0 Å². The molecule has 3 aromatic heterocycles.